The van der Waals surface area contributed by atoms with Gasteiger partial charge in [-0.1, -0.05) is 13.0 Å². The lowest BCUT2D eigenvalue weighted by atomic mass is 10.1. The third-order valence-corrected chi connectivity index (χ3v) is 6.52. The summed E-state index contributed by atoms with van der Waals surface area (Å²) in [7, 11) is 0. The molecular formula is C27H32N6O2. The summed E-state index contributed by atoms with van der Waals surface area (Å²) in [5.41, 5.74) is 6.18. The number of aromatic nitrogens is 4. The number of nitrogens with zero attached hydrogens (tertiary/aromatic N) is 4. The molecule has 0 radical (unpaired) electrons. The molecule has 4 heterocycles. The van der Waals surface area contributed by atoms with Gasteiger partial charge in [0.05, 0.1) is 19.8 Å². The van der Waals surface area contributed by atoms with Crippen LogP contribution in [-0.4, -0.2) is 69.7 Å². The molecule has 4 aromatic rings. The third kappa shape index (κ3) is 5.28. The fourth-order valence-corrected chi connectivity index (χ4v) is 4.58. The van der Waals surface area contributed by atoms with Gasteiger partial charge >= 0.3 is 0 Å². The van der Waals surface area contributed by atoms with Gasteiger partial charge < -0.3 is 19.6 Å². The Morgan fingerprint density at radius 2 is 2.09 bits per heavy atom. The molecular weight excluding hydrogens is 440 g/mol. The van der Waals surface area contributed by atoms with Crippen molar-refractivity contribution in [3.63, 3.8) is 0 Å². The average Bonchev–Trinajstić information content (AvgIpc) is 3.45. The smallest absolute Gasteiger partial charge is 0.244 e. The summed E-state index contributed by atoms with van der Waals surface area (Å²) in [5.74, 6) is 0.957. The molecule has 5 rings (SSSR count). The SMILES string of the molecule is CCc1nc2c(C)ccnc2n1Cc1ccc2[nH]c(C=CC(=O)NCCN3CCOCC3)cc2c1. The van der Waals surface area contributed by atoms with Crippen molar-refractivity contribution in [2.75, 3.05) is 39.4 Å². The van der Waals surface area contributed by atoms with E-state index >= 15 is 0 Å². The van der Waals surface area contributed by atoms with Crippen molar-refractivity contribution in [2.45, 2.75) is 26.8 Å². The van der Waals surface area contributed by atoms with Gasteiger partial charge in [0.1, 0.15) is 11.3 Å². The van der Waals surface area contributed by atoms with E-state index in [-0.39, 0.29) is 5.91 Å². The number of rotatable bonds is 8. The number of hydrogen-bond acceptors (Lipinski definition) is 5. The maximum atomic E-state index is 12.2. The topological polar surface area (TPSA) is 88.1 Å². The highest BCUT2D eigenvalue weighted by Crippen LogP contribution is 2.22. The van der Waals surface area contributed by atoms with Gasteiger partial charge in [0, 0.05) is 61.5 Å². The number of fused-ring (bicyclic) bond motifs is 2. The first kappa shape index (κ1) is 23.3. The number of nitrogens with one attached hydrogen (secondary N) is 2. The van der Waals surface area contributed by atoms with Crippen LogP contribution in [0.15, 0.2) is 42.6 Å². The molecule has 0 spiro atoms. The van der Waals surface area contributed by atoms with Crippen LogP contribution < -0.4 is 5.32 Å². The van der Waals surface area contributed by atoms with E-state index < -0.39 is 0 Å². The van der Waals surface area contributed by atoms with E-state index in [2.05, 4.69) is 62.9 Å². The number of pyridine rings is 1. The van der Waals surface area contributed by atoms with Crippen LogP contribution in [0.25, 0.3) is 28.1 Å². The molecule has 3 aromatic heterocycles. The van der Waals surface area contributed by atoms with Gasteiger partial charge in [0.25, 0.3) is 0 Å². The molecule has 1 saturated heterocycles. The quantitative estimate of drug-likeness (QED) is 0.384. The zero-order chi connectivity index (χ0) is 24.2. The van der Waals surface area contributed by atoms with Crippen LogP contribution in [0.3, 0.4) is 0 Å². The molecule has 2 N–H and O–H groups in total. The van der Waals surface area contributed by atoms with Gasteiger partial charge in [-0.05, 0) is 48.4 Å². The van der Waals surface area contributed by atoms with Crippen LogP contribution >= 0.6 is 0 Å². The van der Waals surface area contributed by atoms with Crippen molar-refractivity contribution in [3.8, 4) is 0 Å². The molecule has 0 unspecified atom stereocenters. The van der Waals surface area contributed by atoms with Crippen molar-refractivity contribution < 1.29 is 9.53 Å². The number of morpholine rings is 1. The molecule has 0 bridgehead atoms. The maximum absolute atomic E-state index is 12.2. The molecule has 0 atom stereocenters. The monoisotopic (exact) mass is 472 g/mol. The lowest BCUT2D eigenvalue weighted by Gasteiger charge is -2.26. The Labute approximate surface area is 205 Å². The Morgan fingerprint density at radius 1 is 1.23 bits per heavy atom. The number of benzene rings is 1. The van der Waals surface area contributed by atoms with Gasteiger partial charge in [-0.15, -0.1) is 0 Å². The van der Waals surface area contributed by atoms with Crippen molar-refractivity contribution >= 4 is 34.1 Å². The van der Waals surface area contributed by atoms with E-state index in [9.17, 15) is 4.79 Å². The first-order chi connectivity index (χ1) is 17.1. The van der Waals surface area contributed by atoms with E-state index in [0.29, 0.717) is 13.1 Å². The van der Waals surface area contributed by atoms with Gasteiger partial charge in [-0.25, -0.2) is 9.97 Å². The van der Waals surface area contributed by atoms with E-state index in [1.54, 1.807) is 6.08 Å². The average molecular weight is 473 g/mol. The molecule has 35 heavy (non-hydrogen) atoms. The second kappa shape index (κ2) is 10.4. The summed E-state index contributed by atoms with van der Waals surface area (Å²) in [5, 5.41) is 4.07. The van der Waals surface area contributed by atoms with E-state index in [4.69, 9.17) is 9.72 Å². The Morgan fingerprint density at radius 3 is 2.91 bits per heavy atom. The van der Waals surface area contributed by atoms with Crippen molar-refractivity contribution in [2.24, 2.45) is 0 Å². The number of imidazole rings is 1. The lowest BCUT2D eigenvalue weighted by Crippen LogP contribution is -2.41. The maximum Gasteiger partial charge on any atom is 0.244 e. The highest BCUT2D eigenvalue weighted by atomic mass is 16.5. The summed E-state index contributed by atoms with van der Waals surface area (Å²) in [6, 6.07) is 10.5. The predicted molar refractivity (Wildman–Crippen MR) is 138 cm³/mol. The largest absolute Gasteiger partial charge is 0.379 e. The molecule has 0 aliphatic carbocycles. The standard InChI is InChI=1S/C27H32N6O2/c1-3-24-31-26-19(2)8-9-29-27(26)33(24)18-20-4-6-23-21(16-20)17-22(30-23)5-7-25(34)28-10-11-32-12-14-35-15-13-32/h4-9,16-17,30H,3,10-15,18H2,1-2H3,(H,28,34). The number of ether oxygens (including phenoxy) is 1. The third-order valence-electron chi connectivity index (χ3n) is 6.52. The van der Waals surface area contributed by atoms with E-state index in [1.165, 1.54) is 5.56 Å². The summed E-state index contributed by atoms with van der Waals surface area (Å²) in [4.78, 5) is 27.3. The van der Waals surface area contributed by atoms with Gasteiger partial charge in [0.2, 0.25) is 5.91 Å². The zero-order valence-electron chi connectivity index (χ0n) is 20.4. The van der Waals surface area contributed by atoms with Crippen LogP contribution in [0.5, 0.6) is 0 Å². The minimum absolute atomic E-state index is 0.0838. The minimum Gasteiger partial charge on any atom is -0.379 e. The second-order valence-corrected chi connectivity index (χ2v) is 8.99. The number of aryl methyl sites for hydroxylation is 2. The summed E-state index contributed by atoms with van der Waals surface area (Å²) in [6.45, 7) is 9.79. The Hall–Kier alpha value is -3.49. The number of H-pyrrole nitrogens is 1. The molecule has 1 aromatic carbocycles. The summed E-state index contributed by atoms with van der Waals surface area (Å²) in [6.07, 6.45) is 6.12. The highest BCUT2D eigenvalue weighted by molar-refractivity contribution is 5.92. The predicted octanol–water partition coefficient (Wildman–Crippen LogP) is 3.29. The fourth-order valence-electron chi connectivity index (χ4n) is 4.58. The Bertz CT molecular complexity index is 1360. The van der Waals surface area contributed by atoms with Crippen LogP contribution in [0.2, 0.25) is 0 Å². The summed E-state index contributed by atoms with van der Waals surface area (Å²) < 4.78 is 7.56. The van der Waals surface area contributed by atoms with E-state index in [1.807, 2.05) is 18.3 Å². The first-order valence-electron chi connectivity index (χ1n) is 12.3. The van der Waals surface area contributed by atoms with Gasteiger partial charge in [-0.2, -0.15) is 0 Å². The first-order valence-corrected chi connectivity index (χ1v) is 12.3. The van der Waals surface area contributed by atoms with Crippen LogP contribution in [-0.2, 0) is 22.5 Å². The van der Waals surface area contributed by atoms with Crippen molar-refractivity contribution in [1.29, 1.82) is 0 Å². The molecule has 1 aliphatic rings. The molecule has 182 valence electrons. The molecule has 8 heteroatoms. The van der Waals surface area contributed by atoms with Crippen LogP contribution in [0, 0.1) is 6.92 Å². The highest BCUT2D eigenvalue weighted by Gasteiger charge is 2.13. The molecule has 1 amide bonds. The number of amides is 1. The molecule has 1 aliphatic heterocycles. The Balaban J connectivity index is 1.25. The normalized spacial score (nSPS) is 14.9. The van der Waals surface area contributed by atoms with Gasteiger partial charge in [0.15, 0.2) is 5.65 Å². The van der Waals surface area contributed by atoms with Gasteiger partial charge in [-0.3, -0.25) is 9.69 Å². The van der Waals surface area contributed by atoms with E-state index in [0.717, 1.165) is 78.4 Å². The summed E-state index contributed by atoms with van der Waals surface area (Å²) >= 11 is 0. The number of hydrogen-bond donors (Lipinski definition) is 2. The minimum atomic E-state index is -0.0838. The van der Waals surface area contributed by atoms with Crippen LogP contribution in [0.1, 0.15) is 29.6 Å². The van der Waals surface area contributed by atoms with Crippen molar-refractivity contribution in [1.82, 2.24) is 29.7 Å². The lowest BCUT2D eigenvalue weighted by molar-refractivity contribution is -0.116. The van der Waals surface area contributed by atoms with Crippen molar-refractivity contribution in [3.05, 3.63) is 65.2 Å². The Kier molecular flexibility index (Phi) is 6.92. The fraction of sp³-hybridized carbons (Fsp3) is 0.370. The van der Waals surface area contributed by atoms with Crippen LogP contribution in [0.4, 0.5) is 0 Å². The molecule has 0 saturated carbocycles. The molecule has 8 nitrogen and oxygen atoms in total. The number of carbonyl (C=O) groups excluding carboxylic acids is 1. The molecule has 1 fully saturated rings. The number of aromatic amines is 1. The second-order valence-electron chi connectivity index (χ2n) is 8.99. The zero-order valence-corrected chi connectivity index (χ0v) is 20.4. The number of carbonyl (C=O) groups is 1.